The lowest BCUT2D eigenvalue weighted by Crippen LogP contribution is -2.30. The summed E-state index contributed by atoms with van der Waals surface area (Å²) in [4.78, 5) is 9.23. The van der Waals surface area contributed by atoms with Gasteiger partial charge >= 0.3 is 0 Å². The Bertz CT molecular complexity index is 940. The molecule has 0 radical (unpaired) electrons. The zero-order chi connectivity index (χ0) is 20.1. The van der Waals surface area contributed by atoms with Gasteiger partial charge in [0.2, 0.25) is 0 Å². The SMILES string of the molecule is Cc1cc(COc2cccc(CN3CCCN(c4ccncc4C)CC3)c2)no1. The number of ether oxygens (including phenoxy) is 1. The molecule has 0 amide bonds. The molecule has 1 fully saturated rings. The molecule has 2 aromatic heterocycles. The molecule has 152 valence electrons. The maximum Gasteiger partial charge on any atom is 0.134 e. The Morgan fingerprint density at radius 2 is 2.00 bits per heavy atom. The predicted octanol–water partition coefficient (Wildman–Crippen LogP) is 3.98. The van der Waals surface area contributed by atoms with E-state index in [0.29, 0.717) is 6.61 Å². The Balaban J connectivity index is 1.34. The quantitative estimate of drug-likeness (QED) is 0.633. The van der Waals surface area contributed by atoms with E-state index in [2.05, 4.69) is 51.1 Å². The van der Waals surface area contributed by atoms with Gasteiger partial charge in [0, 0.05) is 56.9 Å². The lowest BCUT2D eigenvalue weighted by atomic mass is 10.2. The van der Waals surface area contributed by atoms with Gasteiger partial charge < -0.3 is 14.2 Å². The van der Waals surface area contributed by atoms with E-state index in [-0.39, 0.29) is 0 Å². The van der Waals surface area contributed by atoms with Crippen molar-refractivity contribution in [1.82, 2.24) is 15.0 Å². The first-order chi connectivity index (χ1) is 14.2. The standard InChI is InChI=1S/C23H28N4O2/c1-18-15-24-8-7-23(18)27-10-4-9-26(11-12-27)16-20-5-3-6-22(14-20)28-17-21-13-19(2)29-25-21/h3,5-8,13-15H,4,9-12,16-17H2,1-2H3. The van der Waals surface area contributed by atoms with Crippen molar-refractivity contribution < 1.29 is 9.26 Å². The minimum Gasteiger partial charge on any atom is -0.487 e. The van der Waals surface area contributed by atoms with E-state index in [9.17, 15) is 0 Å². The van der Waals surface area contributed by atoms with Crippen LogP contribution in [0, 0.1) is 13.8 Å². The van der Waals surface area contributed by atoms with Crippen LogP contribution in [0.4, 0.5) is 5.69 Å². The molecule has 3 aromatic rings. The average molecular weight is 393 g/mol. The van der Waals surface area contributed by atoms with Crippen molar-refractivity contribution in [1.29, 1.82) is 0 Å². The van der Waals surface area contributed by atoms with E-state index >= 15 is 0 Å². The highest BCUT2D eigenvalue weighted by Gasteiger charge is 2.17. The van der Waals surface area contributed by atoms with Crippen LogP contribution in [0.25, 0.3) is 0 Å². The summed E-state index contributed by atoms with van der Waals surface area (Å²) >= 11 is 0. The fraction of sp³-hybridized carbons (Fsp3) is 0.391. The predicted molar refractivity (Wildman–Crippen MR) is 113 cm³/mol. The summed E-state index contributed by atoms with van der Waals surface area (Å²) in [5, 5.41) is 3.98. The molecule has 1 aliphatic rings. The summed E-state index contributed by atoms with van der Waals surface area (Å²) in [7, 11) is 0. The van der Waals surface area contributed by atoms with Crippen molar-refractivity contribution in [3.8, 4) is 5.75 Å². The molecule has 3 heterocycles. The van der Waals surface area contributed by atoms with Gasteiger partial charge in [-0.1, -0.05) is 17.3 Å². The van der Waals surface area contributed by atoms with Crippen LogP contribution in [-0.2, 0) is 13.2 Å². The molecule has 0 N–H and O–H groups in total. The van der Waals surface area contributed by atoms with Crippen molar-refractivity contribution in [3.05, 3.63) is 71.4 Å². The Kier molecular flexibility index (Phi) is 6.10. The van der Waals surface area contributed by atoms with Gasteiger partial charge in [-0.25, -0.2) is 0 Å². The molecule has 1 aliphatic heterocycles. The van der Waals surface area contributed by atoms with E-state index in [1.807, 2.05) is 31.5 Å². The molecule has 4 rings (SSSR count). The van der Waals surface area contributed by atoms with Gasteiger partial charge in [-0.05, 0) is 49.6 Å². The van der Waals surface area contributed by atoms with Crippen LogP contribution < -0.4 is 9.64 Å². The van der Waals surface area contributed by atoms with Crippen LogP contribution in [0.2, 0.25) is 0 Å². The van der Waals surface area contributed by atoms with E-state index in [1.165, 1.54) is 16.8 Å². The Morgan fingerprint density at radius 1 is 1.07 bits per heavy atom. The minimum absolute atomic E-state index is 0.421. The summed E-state index contributed by atoms with van der Waals surface area (Å²) in [5.41, 5.74) is 4.63. The number of benzene rings is 1. The second-order valence-electron chi connectivity index (χ2n) is 7.64. The fourth-order valence-electron chi connectivity index (χ4n) is 3.83. The van der Waals surface area contributed by atoms with Gasteiger partial charge in [-0.3, -0.25) is 9.88 Å². The number of hydrogen-bond donors (Lipinski definition) is 0. The van der Waals surface area contributed by atoms with Crippen molar-refractivity contribution in [2.75, 3.05) is 31.1 Å². The molecule has 0 atom stereocenters. The summed E-state index contributed by atoms with van der Waals surface area (Å²) in [6.07, 6.45) is 4.99. The monoisotopic (exact) mass is 392 g/mol. The Morgan fingerprint density at radius 3 is 2.83 bits per heavy atom. The average Bonchev–Trinajstić information content (AvgIpc) is 3.01. The molecule has 0 bridgehead atoms. The van der Waals surface area contributed by atoms with Crippen LogP contribution in [-0.4, -0.2) is 41.2 Å². The summed E-state index contributed by atoms with van der Waals surface area (Å²) in [6, 6.07) is 12.4. The lowest BCUT2D eigenvalue weighted by Gasteiger charge is -2.25. The second kappa shape index (κ2) is 9.09. The normalized spacial score (nSPS) is 15.3. The number of rotatable bonds is 6. The molecule has 6 nitrogen and oxygen atoms in total. The van der Waals surface area contributed by atoms with Crippen LogP contribution >= 0.6 is 0 Å². The number of hydrogen-bond acceptors (Lipinski definition) is 6. The first-order valence-corrected chi connectivity index (χ1v) is 10.2. The van der Waals surface area contributed by atoms with Gasteiger partial charge in [0.05, 0.1) is 0 Å². The molecule has 6 heteroatoms. The molecule has 1 saturated heterocycles. The molecular weight excluding hydrogens is 364 g/mol. The van der Waals surface area contributed by atoms with Crippen molar-refractivity contribution in [3.63, 3.8) is 0 Å². The van der Waals surface area contributed by atoms with Gasteiger partial charge in [0.15, 0.2) is 0 Å². The Labute approximate surface area is 172 Å². The smallest absolute Gasteiger partial charge is 0.134 e. The maximum atomic E-state index is 5.89. The van der Waals surface area contributed by atoms with E-state index in [0.717, 1.165) is 56.3 Å². The first-order valence-electron chi connectivity index (χ1n) is 10.2. The van der Waals surface area contributed by atoms with Crippen LogP contribution in [0.3, 0.4) is 0 Å². The van der Waals surface area contributed by atoms with Gasteiger partial charge in [0.25, 0.3) is 0 Å². The number of nitrogens with zero attached hydrogens (tertiary/aromatic N) is 4. The third-order valence-electron chi connectivity index (χ3n) is 5.29. The molecule has 0 unspecified atom stereocenters. The third kappa shape index (κ3) is 5.15. The van der Waals surface area contributed by atoms with Gasteiger partial charge in [0.1, 0.15) is 23.8 Å². The molecule has 0 saturated carbocycles. The largest absolute Gasteiger partial charge is 0.487 e. The first kappa shape index (κ1) is 19.5. The Hall–Kier alpha value is -2.86. The molecule has 0 aliphatic carbocycles. The molecule has 0 spiro atoms. The van der Waals surface area contributed by atoms with Crippen molar-refractivity contribution in [2.45, 2.75) is 33.4 Å². The highest BCUT2D eigenvalue weighted by molar-refractivity contribution is 5.51. The zero-order valence-electron chi connectivity index (χ0n) is 17.2. The summed E-state index contributed by atoms with van der Waals surface area (Å²) in [6.45, 7) is 9.64. The second-order valence-corrected chi connectivity index (χ2v) is 7.64. The highest BCUT2D eigenvalue weighted by atomic mass is 16.5. The summed E-state index contributed by atoms with van der Waals surface area (Å²) in [5.74, 6) is 1.67. The zero-order valence-corrected chi connectivity index (χ0v) is 17.2. The topological polar surface area (TPSA) is 54.6 Å². The molecular formula is C23H28N4O2. The van der Waals surface area contributed by atoms with Gasteiger partial charge in [-0.2, -0.15) is 0 Å². The highest BCUT2D eigenvalue weighted by Crippen LogP contribution is 2.21. The van der Waals surface area contributed by atoms with Crippen LogP contribution in [0.15, 0.2) is 53.3 Å². The maximum absolute atomic E-state index is 5.89. The van der Waals surface area contributed by atoms with E-state index in [1.54, 1.807) is 0 Å². The van der Waals surface area contributed by atoms with Crippen LogP contribution in [0.1, 0.15) is 29.0 Å². The molecule has 1 aromatic carbocycles. The van der Waals surface area contributed by atoms with Crippen LogP contribution in [0.5, 0.6) is 5.75 Å². The molecule has 29 heavy (non-hydrogen) atoms. The number of aryl methyl sites for hydroxylation is 2. The number of anilines is 1. The number of pyridine rings is 1. The summed E-state index contributed by atoms with van der Waals surface area (Å²) < 4.78 is 11.0. The lowest BCUT2D eigenvalue weighted by molar-refractivity contribution is 0.278. The third-order valence-corrected chi connectivity index (χ3v) is 5.29. The van der Waals surface area contributed by atoms with E-state index < -0.39 is 0 Å². The fourth-order valence-corrected chi connectivity index (χ4v) is 3.83. The van der Waals surface area contributed by atoms with Crippen molar-refractivity contribution in [2.24, 2.45) is 0 Å². The minimum atomic E-state index is 0.421. The van der Waals surface area contributed by atoms with Gasteiger partial charge in [-0.15, -0.1) is 0 Å². The van der Waals surface area contributed by atoms with E-state index in [4.69, 9.17) is 9.26 Å². The van der Waals surface area contributed by atoms with Crippen molar-refractivity contribution >= 4 is 5.69 Å². The number of aromatic nitrogens is 2.